The molecule has 10 nitrogen and oxygen atoms in total. The molecule has 0 saturated heterocycles. The zero-order valence-corrected chi connectivity index (χ0v) is 28.2. The van der Waals surface area contributed by atoms with Crippen molar-refractivity contribution < 1.29 is 33.4 Å². The molecule has 0 spiro atoms. The van der Waals surface area contributed by atoms with E-state index in [-0.39, 0.29) is 61.5 Å². The maximum atomic E-state index is 14.3. The lowest BCUT2D eigenvalue weighted by molar-refractivity contribution is -0.115. The van der Waals surface area contributed by atoms with Gasteiger partial charge >= 0.3 is 6.03 Å². The van der Waals surface area contributed by atoms with Crippen LogP contribution in [0.3, 0.4) is 0 Å². The Kier molecular flexibility index (Phi) is 13.3. The number of carbonyl (C=O) groups excluding carboxylic acids is 3. The molecule has 1 aliphatic rings. The summed E-state index contributed by atoms with van der Waals surface area (Å²) in [7, 11) is 1.66. The van der Waals surface area contributed by atoms with Gasteiger partial charge in [0.2, 0.25) is 5.91 Å². The summed E-state index contributed by atoms with van der Waals surface area (Å²) in [6, 6.07) is 19.1. The summed E-state index contributed by atoms with van der Waals surface area (Å²) in [5.41, 5.74) is 2.07. The minimum Gasteiger partial charge on any atom is -0.490 e. The van der Waals surface area contributed by atoms with Crippen LogP contribution < -0.4 is 15.4 Å². The Morgan fingerprint density at radius 2 is 1.73 bits per heavy atom. The van der Waals surface area contributed by atoms with Gasteiger partial charge in [-0.05, 0) is 81.1 Å². The number of likely N-dealkylation sites (N-methyl/N-ethyl adjacent to an activating group) is 1. The van der Waals surface area contributed by atoms with E-state index in [9.17, 15) is 23.9 Å². The molecule has 258 valence electrons. The standard InChI is InChI=1S/C37H47FN4O6/c1-25-22-42(26(2)24-43)36(45)32-21-31(39-35(44)20-28-11-6-5-7-12-28)17-18-33(32)48-27(3)10-8-9-19-47-34(25)23-41(4)37(46)40-30-15-13-29(38)14-16-30/h5-7,11-18,21,25-27,34,43H,8-10,19-20,22-24H2,1-4H3,(H,39,44)(H,40,46)/t25-,26+,27-,34+/m0/s1. The van der Waals surface area contributed by atoms with Gasteiger partial charge in [0, 0.05) is 44.0 Å². The highest BCUT2D eigenvalue weighted by atomic mass is 19.1. The first kappa shape index (κ1) is 36.4. The Morgan fingerprint density at radius 3 is 2.44 bits per heavy atom. The average Bonchev–Trinajstić information content (AvgIpc) is 3.07. The average molecular weight is 663 g/mol. The van der Waals surface area contributed by atoms with Crippen molar-refractivity contribution in [2.75, 3.05) is 44.0 Å². The fraction of sp³-hybridized carbons (Fsp3) is 0.432. The highest BCUT2D eigenvalue weighted by molar-refractivity contribution is 6.00. The van der Waals surface area contributed by atoms with E-state index in [1.165, 1.54) is 29.2 Å². The Labute approximate surface area is 282 Å². The summed E-state index contributed by atoms with van der Waals surface area (Å²) in [5.74, 6) is -0.817. The highest BCUT2D eigenvalue weighted by Gasteiger charge is 2.31. The van der Waals surface area contributed by atoms with E-state index in [1.807, 2.05) is 44.2 Å². The molecule has 0 bridgehead atoms. The van der Waals surface area contributed by atoms with Crippen LogP contribution in [0.15, 0.2) is 72.8 Å². The lowest BCUT2D eigenvalue weighted by Crippen LogP contribution is -2.48. The number of halogens is 1. The first-order valence-corrected chi connectivity index (χ1v) is 16.5. The first-order valence-electron chi connectivity index (χ1n) is 16.5. The number of anilines is 2. The van der Waals surface area contributed by atoms with E-state index in [0.717, 1.165) is 24.8 Å². The molecule has 0 saturated carbocycles. The number of amides is 4. The van der Waals surface area contributed by atoms with Crippen molar-refractivity contribution in [1.29, 1.82) is 0 Å². The second kappa shape index (κ2) is 17.6. The van der Waals surface area contributed by atoms with Crippen LogP contribution in [0.25, 0.3) is 0 Å². The molecule has 4 rings (SSSR count). The summed E-state index contributed by atoms with van der Waals surface area (Å²) >= 11 is 0. The third kappa shape index (κ3) is 10.5. The number of nitrogens with zero attached hydrogens (tertiary/aromatic N) is 2. The third-order valence-corrected chi connectivity index (χ3v) is 8.44. The van der Waals surface area contributed by atoms with Crippen LogP contribution in [0, 0.1) is 11.7 Å². The lowest BCUT2D eigenvalue weighted by atomic mass is 10.0. The van der Waals surface area contributed by atoms with Crippen molar-refractivity contribution in [2.45, 2.75) is 64.7 Å². The molecule has 11 heteroatoms. The number of hydrogen-bond acceptors (Lipinski definition) is 6. The Morgan fingerprint density at radius 1 is 1.02 bits per heavy atom. The molecule has 0 fully saturated rings. The van der Waals surface area contributed by atoms with E-state index >= 15 is 0 Å². The summed E-state index contributed by atoms with van der Waals surface area (Å²) in [6.45, 7) is 6.30. The minimum absolute atomic E-state index is 0.183. The number of fused-ring (bicyclic) bond motifs is 1. The molecular formula is C37H47FN4O6. The number of aliphatic hydroxyl groups is 1. The summed E-state index contributed by atoms with van der Waals surface area (Å²) in [6.07, 6.45) is 1.88. The molecule has 4 amide bonds. The number of ether oxygens (including phenoxy) is 2. The smallest absolute Gasteiger partial charge is 0.321 e. The Hall–Kier alpha value is -4.48. The maximum absolute atomic E-state index is 14.3. The van der Waals surface area contributed by atoms with E-state index in [1.54, 1.807) is 37.1 Å². The van der Waals surface area contributed by atoms with Gasteiger partial charge < -0.3 is 35.0 Å². The van der Waals surface area contributed by atoms with E-state index < -0.39 is 18.0 Å². The van der Waals surface area contributed by atoms with Crippen LogP contribution in [0.5, 0.6) is 5.75 Å². The van der Waals surface area contributed by atoms with Gasteiger partial charge in [0.05, 0.1) is 36.8 Å². The summed E-state index contributed by atoms with van der Waals surface area (Å²) in [5, 5.41) is 15.9. The number of benzene rings is 3. The third-order valence-electron chi connectivity index (χ3n) is 8.44. The molecule has 48 heavy (non-hydrogen) atoms. The molecule has 4 atom stereocenters. The van der Waals surface area contributed by atoms with Gasteiger partial charge in [0.15, 0.2) is 0 Å². The SMILES string of the molecule is C[C@H](CO)N1C[C@H](C)[C@@H](CN(C)C(=O)Nc2ccc(F)cc2)OCCCC[C@H](C)Oc2ccc(NC(=O)Cc3ccccc3)cc2C1=O. The zero-order chi connectivity index (χ0) is 34.6. The van der Waals surface area contributed by atoms with E-state index in [0.29, 0.717) is 23.7 Å². The van der Waals surface area contributed by atoms with Crippen LogP contribution in [-0.4, -0.2) is 84.4 Å². The molecule has 1 aliphatic heterocycles. The van der Waals surface area contributed by atoms with Crippen molar-refractivity contribution in [3.05, 3.63) is 89.7 Å². The van der Waals surface area contributed by atoms with E-state index in [2.05, 4.69) is 10.6 Å². The molecule has 0 aromatic heterocycles. The highest BCUT2D eigenvalue weighted by Crippen LogP contribution is 2.29. The number of nitrogens with one attached hydrogen (secondary N) is 2. The van der Waals surface area contributed by atoms with Gasteiger partial charge in [0.25, 0.3) is 5.91 Å². The number of hydrogen-bond donors (Lipinski definition) is 3. The summed E-state index contributed by atoms with van der Waals surface area (Å²) < 4.78 is 26.0. The maximum Gasteiger partial charge on any atom is 0.321 e. The van der Waals surface area contributed by atoms with Crippen LogP contribution >= 0.6 is 0 Å². The Balaban J connectivity index is 1.57. The molecule has 3 aromatic rings. The fourth-order valence-corrected chi connectivity index (χ4v) is 5.55. The predicted molar refractivity (Wildman–Crippen MR) is 184 cm³/mol. The van der Waals surface area contributed by atoms with Gasteiger partial charge in [0.1, 0.15) is 11.6 Å². The summed E-state index contributed by atoms with van der Waals surface area (Å²) in [4.78, 5) is 43.3. The monoisotopic (exact) mass is 662 g/mol. The minimum atomic E-state index is -0.547. The van der Waals surface area contributed by atoms with Crippen molar-refractivity contribution in [2.24, 2.45) is 5.92 Å². The normalized spacial score (nSPS) is 19.7. The first-order chi connectivity index (χ1) is 23.0. The van der Waals surface area contributed by atoms with Gasteiger partial charge in [-0.25, -0.2) is 9.18 Å². The number of rotatable bonds is 8. The van der Waals surface area contributed by atoms with Crippen molar-refractivity contribution in [3.8, 4) is 5.75 Å². The molecule has 0 unspecified atom stereocenters. The van der Waals surface area contributed by atoms with Crippen LogP contribution in [0.1, 0.15) is 56.0 Å². The molecule has 1 heterocycles. The van der Waals surface area contributed by atoms with Crippen molar-refractivity contribution in [3.63, 3.8) is 0 Å². The molecule has 3 aromatic carbocycles. The van der Waals surface area contributed by atoms with Gasteiger partial charge in [-0.15, -0.1) is 0 Å². The van der Waals surface area contributed by atoms with Gasteiger partial charge in [-0.3, -0.25) is 9.59 Å². The zero-order valence-electron chi connectivity index (χ0n) is 28.2. The number of carbonyl (C=O) groups is 3. The molecular weight excluding hydrogens is 615 g/mol. The van der Waals surface area contributed by atoms with Gasteiger partial charge in [-0.1, -0.05) is 37.3 Å². The quantitative estimate of drug-likeness (QED) is 0.274. The van der Waals surface area contributed by atoms with Crippen LogP contribution in [-0.2, 0) is 16.0 Å². The largest absolute Gasteiger partial charge is 0.490 e. The van der Waals surface area contributed by atoms with Gasteiger partial charge in [-0.2, -0.15) is 0 Å². The second-order valence-corrected chi connectivity index (χ2v) is 12.5. The number of aliphatic hydroxyl groups excluding tert-OH is 1. The predicted octanol–water partition coefficient (Wildman–Crippen LogP) is 5.97. The van der Waals surface area contributed by atoms with Crippen molar-refractivity contribution in [1.82, 2.24) is 9.80 Å². The number of urea groups is 1. The fourth-order valence-electron chi connectivity index (χ4n) is 5.55. The van der Waals surface area contributed by atoms with E-state index in [4.69, 9.17) is 9.47 Å². The van der Waals surface area contributed by atoms with Crippen molar-refractivity contribution >= 4 is 29.2 Å². The molecule has 3 N–H and O–H groups in total. The Bertz CT molecular complexity index is 1510. The van der Waals surface area contributed by atoms with Crippen LogP contribution in [0.2, 0.25) is 0 Å². The molecule has 0 radical (unpaired) electrons. The molecule has 0 aliphatic carbocycles. The van der Waals surface area contributed by atoms with Crippen LogP contribution in [0.4, 0.5) is 20.6 Å². The second-order valence-electron chi connectivity index (χ2n) is 12.5. The topological polar surface area (TPSA) is 120 Å². The lowest BCUT2D eigenvalue weighted by Gasteiger charge is -2.35.